The molecule has 3 aromatic rings. The van der Waals surface area contributed by atoms with Crippen LogP contribution in [0.2, 0.25) is 0 Å². The molecule has 32 heavy (non-hydrogen) atoms. The van der Waals surface area contributed by atoms with Gasteiger partial charge in [-0.3, -0.25) is 4.79 Å². The maximum atomic E-state index is 11.5. The smallest absolute Gasteiger partial charge is 0.164 e. The topological polar surface area (TPSA) is 50.2 Å². The zero-order valence-electron chi connectivity index (χ0n) is 20.3. The number of fused-ring (bicyclic) bond motifs is 1. The summed E-state index contributed by atoms with van der Waals surface area (Å²) >= 11 is 0. The average Bonchev–Trinajstić information content (AvgIpc) is 2.68. The van der Waals surface area contributed by atoms with Crippen molar-refractivity contribution in [2.45, 2.75) is 55.4 Å². The molecule has 173 valence electrons. The Kier molecular flexibility index (Phi) is 9.56. The molecule has 1 heterocycles. The number of aliphatic hydroxyl groups excluding tert-OH is 1. The number of allylic oxidation sites excluding steroid dienone is 2. The Bertz CT molecular complexity index is 1090. The van der Waals surface area contributed by atoms with Gasteiger partial charge in [0.15, 0.2) is 5.78 Å². The third kappa shape index (κ3) is 7.39. The van der Waals surface area contributed by atoms with Crippen molar-refractivity contribution in [3.63, 3.8) is 0 Å². The molecule has 0 spiro atoms. The van der Waals surface area contributed by atoms with Crippen LogP contribution in [0.1, 0.15) is 52.7 Å². The number of nitrogens with zero attached hydrogens (tertiary/aromatic N) is 1. The van der Waals surface area contributed by atoms with Gasteiger partial charge in [0.2, 0.25) is 0 Å². The van der Waals surface area contributed by atoms with Crippen molar-refractivity contribution in [3.8, 4) is 11.3 Å². The van der Waals surface area contributed by atoms with Crippen LogP contribution in [0.3, 0.4) is 0 Å². The number of hydrogen-bond acceptors (Lipinski definition) is 3. The van der Waals surface area contributed by atoms with Crippen molar-refractivity contribution in [1.29, 1.82) is 0 Å². The quantitative estimate of drug-likeness (QED) is 0.187. The molecule has 1 aromatic heterocycles. The molecule has 0 bridgehead atoms. The molecule has 3 rings (SSSR count). The van der Waals surface area contributed by atoms with Crippen LogP contribution in [-0.2, 0) is 24.9 Å². The number of ketones is 1. The van der Waals surface area contributed by atoms with Gasteiger partial charge in [0.25, 0.3) is 0 Å². The number of carbonyl (C=O) groups is 1. The third-order valence-corrected chi connectivity index (χ3v) is 5.05. The molecule has 2 aromatic carbocycles. The van der Waals surface area contributed by atoms with E-state index >= 15 is 0 Å². The van der Waals surface area contributed by atoms with E-state index in [1.165, 1.54) is 28.0 Å². The summed E-state index contributed by atoms with van der Waals surface area (Å²) in [6, 6.07) is 17.8. The van der Waals surface area contributed by atoms with Crippen LogP contribution in [0.25, 0.3) is 22.0 Å². The molecule has 0 amide bonds. The van der Waals surface area contributed by atoms with Crippen molar-refractivity contribution in [3.05, 3.63) is 77.7 Å². The van der Waals surface area contributed by atoms with E-state index in [-0.39, 0.29) is 37.1 Å². The van der Waals surface area contributed by atoms with Crippen LogP contribution in [0.4, 0.5) is 0 Å². The summed E-state index contributed by atoms with van der Waals surface area (Å²) in [6.07, 6.45) is 3.27. The molecule has 0 atom stereocenters. The van der Waals surface area contributed by atoms with E-state index in [9.17, 15) is 9.90 Å². The first-order valence-corrected chi connectivity index (χ1v) is 10.6. The van der Waals surface area contributed by atoms with Gasteiger partial charge in [0.1, 0.15) is 5.76 Å². The normalized spacial score (nSPS) is 11.9. The number of aromatic nitrogens is 1. The Labute approximate surface area is 206 Å². The Balaban J connectivity index is 0.000000330. The number of aryl methyl sites for hydroxylation is 2. The van der Waals surface area contributed by atoms with E-state index in [0.717, 1.165) is 11.3 Å². The molecule has 0 aliphatic carbocycles. The number of carbonyl (C=O) groups excluding carboxylic acids is 1. The Morgan fingerprint density at radius 1 is 0.969 bits per heavy atom. The molecule has 4 heteroatoms. The van der Waals surface area contributed by atoms with Crippen LogP contribution in [0, 0.1) is 30.7 Å². The number of aliphatic hydroxyl groups is 1. The summed E-state index contributed by atoms with van der Waals surface area (Å²) in [7, 11) is 0. The van der Waals surface area contributed by atoms with E-state index in [1.807, 2.05) is 59.9 Å². The molecule has 0 fully saturated rings. The second kappa shape index (κ2) is 11.0. The van der Waals surface area contributed by atoms with Crippen LogP contribution < -0.4 is 0 Å². The van der Waals surface area contributed by atoms with Gasteiger partial charge in [0, 0.05) is 43.2 Å². The third-order valence-electron chi connectivity index (χ3n) is 5.05. The number of pyridine rings is 1. The first-order chi connectivity index (χ1) is 14.3. The predicted octanol–water partition coefficient (Wildman–Crippen LogP) is 7.41. The molecule has 0 aliphatic heterocycles. The summed E-state index contributed by atoms with van der Waals surface area (Å²) in [5, 5.41) is 12.0. The average molecular weight is 609 g/mol. The van der Waals surface area contributed by atoms with Gasteiger partial charge in [-0.25, -0.2) is 0 Å². The van der Waals surface area contributed by atoms with E-state index in [1.54, 1.807) is 0 Å². The van der Waals surface area contributed by atoms with E-state index in [4.69, 9.17) is 0 Å². The fourth-order valence-corrected chi connectivity index (χ4v) is 2.79. The zero-order valence-corrected chi connectivity index (χ0v) is 22.7. The first kappa shape index (κ1) is 27.7. The van der Waals surface area contributed by atoms with Gasteiger partial charge in [-0.05, 0) is 23.4 Å². The van der Waals surface area contributed by atoms with Crippen molar-refractivity contribution in [2.75, 3.05) is 0 Å². The SMILES string of the molecule is CC(C)(C)C(=O)/C=C(\O)C(C)(C)C.Cc1c[c-]c(-c2ncc3ccccc3c2C)cc1.[Ir]. The monoisotopic (exact) mass is 609 g/mol. The summed E-state index contributed by atoms with van der Waals surface area (Å²) in [4.78, 5) is 16.1. The summed E-state index contributed by atoms with van der Waals surface area (Å²) in [6.45, 7) is 15.3. The summed E-state index contributed by atoms with van der Waals surface area (Å²) < 4.78 is 0. The van der Waals surface area contributed by atoms with E-state index < -0.39 is 5.41 Å². The second-order valence-corrected chi connectivity index (χ2v) is 9.99. The Morgan fingerprint density at radius 3 is 2.12 bits per heavy atom. The standard InChI is InChI=1S/C17H14N.C11H20O2.Ir/c1-12-7-9-14(10-8-12)17-13(2)16-6-4-3-5-15(16)11-18-17;1-10(2,3)8(12)7-9(13)11(4,5)6;/h3-9,11H,1-2H3;7,12H,1-6H3;/q-1;;/b;8-7-;. The zero-order chi connectivity index (χ0) is 23.4. The molecular formula is C28H34IrNO2-. The molecule has 1 N–H and O–H groups in total. The number of rotatable bonds is 2. The molecule has 0 unspecified atom stereocenters. The van der Waals surface area contributed by atoms with Crippen LogP contribution in [0.15, 0.2) is 60.5 Å². The van der Waals surface area contributed by atoms with Crippen molar-refractivity contribution in [1.82, 2.24) is 4.98 Å². The Morgan fingerprint density at radius 2 is 1.59 bits per heavy atom. The summed E-state index contributed by atoms with van der Waals surface area (Å²) in [5.74, 6) is 0.104. The van der Waals surface area contributed by atoms with E-state index in [0.29, 0.717) is 0 Å². The van der Waals surface area contributed by atoms with Gasteiger partial charge in [-0.2, -0.15) is 0 Å². The fourth-order valence-electron chi connectivity index (χ4n) is 2.79. The molecule has 0 aliphatic rings. The van der Waals surface area contributed by atoms with Gasteiger partial charge >= 0.3 is 0 Å². The second-order valence-electron chi connectivity index (χ2n) is 9.99. The van der Waals surface area contributed by atoms with Crippen LogP contribution >= 0.6 is 0 Å². The minimum absolute atomic E-state index is 0. The van der Waals surface area contributed by atoms with Crippen LogP contribution in [0.5, 0.6) is 0 Å². The minimum atomic E-state index is -0.417. The number of benzene rings is 2. The van der Waals surface area contributed by atoms with Gasteiger partial charge in [0.05, 0.1) is 0 Å². The predicted molar refractivity (Wildman–Crippen MR) is 130 cm³/mol. The molecule has 3 nitrogen and oxygen atoms in total. The van der Waals surface area contributed by atoms with Gasteiger partial charge in [-0.15, -0.1) is 35.4 Å². The minimum Gasteiger partial charge on any atom is -0.512 e. The first-order valence-electron chi connectivity index (χ1n) is 10.6. The Hall–Kier alpha value is -2.29. The molecular weight excluding hydrogens is 575 g/mol. The maximum absolute atomic E-state index is 11.5. The summed E-state index contributed by atoms with van der Waals surface area (Å²) in [5.41, 5.74) is 3.75. The maximum Gasteiger partial charge on any atom is 0.164 e. The van der Waals surface area contributed by atoms with Crippen molar-refractivity contribution >= 4 is 16.6 Å². The molecule has 1 radical (unpaired) electrons. The largest absolute Gasteiger partial charge is 0.512 e. The van der Waals surface area contributed by atoms with Gasteiger partial charge in [-0.1, -0.05) is 78.3 Å². The number of hydrogen-bond donors (Lipinski definition) is 1. The fraction of sp³-hybridized carbons (Fsp3) is 0.357. The van der Waals surface area contributed by atoms with Crippen molar-refractivity contribution in [2.24, 2.45) is 10.8 Å². The van der Waals surface area contributed by atoms with E-state index in [2.05, 4.69) is 55.2 Å². The van der Waals surface area contributed by atoms with Crippen molar-refractivity contribution < 1.29 is 30.0 Å². The van der Waals surface area contributed by atoms with Crippen LogP contribution in [-0.4, -0.2) is 15.9 Å². The molecule has 0 saturated carbocycles. The molecule has 0 saturated heterocycles. The van der Waals surface area contributed by atoms with Gasteiger partial charge < -0.3 is 10.1 Å².